The van der Waals surface area contributed by atoms with Gasteiger partial charge in [-0.3, -0.25) is 4.79 Å². The van der Waals surface area contributed by atoms with Gasteiger partial charge in [0.15, 0.2) is 0 Å². The van der Waals surface area contributed by atoms with Gasteiger partial charge >= 0.3 is 0 Å². The quantitative estimate of drug-likeness (QED) is 0.807. The molecule has 1 saturated heterocycles. The number of carbonyl (C=O) groups is 1. The highest BCUT2D eigenvalue weighted by Crippen LogP contribution is 2.31. The summed E-state index contributed by atoms with van der Waals surface area (Å²) in [7, 11) is -2.29. The normalized spacial score (nSPS) is 17.7. The molecule has 3 rings (SSSR count). The minimum Gasteiger partial charge on any atom is -0.495 e. The van der Waals surface area contributed by atoms with E-state index in [-0.39, 0.29) is 17.3 Å². The summed E-state index contributed by atoms with van der Waals surface area (Å²) in [6.45, 7) is 6.35. The molecule has 1 fully saturated rings. The Morgan fingerprint density at radius 1 is 1.10 bits per heavy atom. The predicted octanol–water partition coefficient (Wildman–Crippen LogP) is 3.66. The highest BCUT2D eigenvalue weighted by molar-refractivity contribution is 7.89. The molecule has 0 bridgehead atoms. The summed E-state index contributed by atoms with van der Waals surface area (Å²) in [4.78, 5) is 13.0. The lowest BCUT2D eigenvalue weighted by Gasteiger charge is -2.31. The Morgan fingerprint density at radius 3 is 2.48 bits per heavy atom. The molecular weight excluding hydrogens is 388 g/mol. The monoisotopic (exact) mass is 416 g/mol. The third-order valence-electron chi connectivity index (χ3n) is 5.33. The highest BCUT2D eigenvalue weighted by Gasteiger charge is 2.35. The molecule has 6 nitrogen and oxygen atoms in total. The molecule has 0 spiro atoms. The largest absolute Gasteiger partial charge is 0.495 e. The van der Waals surface area contributed by atoms with Crippen LogP contribution >= 0.6 is 0 Å². The van der Waals surface area contributed by atoms with Crippen molar-refractivity contribution in [2.24, 2.45) is 5.92 Å². The number of aryl methyl sites for hydroxylation is 3. The summed E-state index contributed by atoms with van der Waals surface area (Å²) < 4.78 is 33.2. The summed E-state index contributed by atoms with van der Waals surface area (Å²) in [5.41, 5.74) is 3.72. The van der Waals surface area contributed by atoms with E-state index in [4.69, 9.17) is 4.74 Å². The molecule has 1 aliphatic rings. The van der Waals surface area contributed by atoms with Crippen LogP contribution in [0.15, 0.2) is 41.3 Å². The Labute approximate surface area is 172 Å². The Kier molecular flexibility index (Phi) is 6.29. The molecule has 29 heavy (non-hydrogen) atoms. The number of nitrogens with zero attached hydrogens (tertiary/aromatic N) is 1. The van der Waals surface area contributed by atoms with E-state index in [1.54, 1.807) is 12.1 Å². The molecule has 0 radical (unpaired) electrons. The molecular formula is C22H28N2O4S. The molecule has 1 heterocycles. The molecule has 1 amide bonds. The standard InChI is InChI=1S/C22H28N2O4S/c1-15-7-9-19(17(3)12-15)23-22(25)18-6-5-11-24(14-18)29(26,27)21-13-16(2)8-10-20(21)28-4/h7-10,12-13,18H,5-6,11,14H2,1-4H3,(H,23,25)/t18-/m1/s1. The Morgan fingerprint density at radius 2 is 1.79 bits per heavy atom. The van der Waals surface area contributed by atoms with E-state index in [1.807, 2.05) is 45.0 Å². The first-order valence-corrected chi connectivity index (χ1v) is 11.2. The minimum atomic E-state index is -3.75. The second-order valence-corrected chi connectivity index (χ2v) is 9.57. The average Bonchev–Trinajstić information content (AvgIpc) is 2.70. The number of anilines is 1. The second kappa shape index (κ2) is 8.55. The minimum absolute atomic E-state index is 0.145. The van der Waals surface area contributed by atoms with E-state index in [1.165, 1.54) is 11.4 Å². The van der Waals surface area contributed by atoms with Crippen LogP contribution in [0.3, 0.4) is 0 Å². The number of hydrogen-bond donors (Lipinski definition) is 1. The predicted molar refractivity (Wildman–Crippen MR) is 114 cm³/mol. The zero-order valence-corrected chi connectivity index (χ0v) is 18.2. The van der Waals surface area contributed by atoms with Crippen LogP contribution < -0.4 is 10.1 Å². The number of amides is 1. The van der Waals surface area contributed by atoms with Crippen molar-refractivity contribution in [2.75, 3.05) is 25.5 Å². The maximum atomic E-state index is 13.3. The van der Waals surface area contributed by atoms with Crippen molar-refractivity contribution in [1.29, 1.82) is 0 Å². The van der Waals surface area contributed by atoms with Crippen molar-refractivity contribution >= 4 is 21.6 Å². The van der Waals surface area contributed by atoms with Crippen LogP contribution in [0.4, 0.5) is 5.69 Å². The molecule has 1 aliphatic heterocycles. The Balaban J connectivity index is 1.79. The Hall–Kier alpha value is -2.38. The van der Waals surface area contributed by atoms with Crippen molar-refractivity contribution < 1.29 is 17.9 Å². The van der Waals surface area contributed by atoms with Crippen LogP contribution in [-0.2, 0) is 14.8 Å². The van der Waals surface area contributed by atoms with E-state index in [0.717, 1.165) is 22.4 Å². The first-order valence-electron chi connectivity index (χ1n) is 9.75. The molecule has 156 valence electrons. The lowest BCUT2D eigenvalue weighted by atomic mass is 9.98. The van der Waals surface area contributed by atoms with Gasteiger partial charge in [-0.2, -0.15) is 4.31 Å². The summed E-state index contributed by atoms with van der Waals surface area (Å²) in [5.74, 6) is -0.222. The van der Waals surface area contributed by atoms with Crippen LogP contribution in [0.5, 0.6) is 5.75 Å². The van der Waals surface area contributed by atoms with Gasteiger partial charge in [-0.15, -0.1) is 0 Å². The van der Waals surface area contributed by atoms with E-state index in [2.05, 4.69) is 5.32 Å². The van der Waals surface area contributed by atoms with Crippen LogP contribution in [0.2, 0.25) is 0 Å². The fraction of sp³-hybridized carbons (Fsp3) is 0.409. The van der Waals surface area contributed by atoms with Crippen molar-refractivity contribution in [3.8, 4) is 5.75 Å². The van der Waals surface area contributed by atoms with E-state index < -0.39 is 15.9 Å². The van der Waals surface area contributed by atoms with Gasteiger partial charge in [0, 0.05) is 18.8 Å². The molecule has 1 atom stereocenters. The topological polar surface area (TPSA) is 75.7 Å². The number of piperidine rings is 1. The number of methoxy groups -OCH3 is 1. The van der Waals surface area contributed by atoms with Gasteiger partial charge in [0.2, 0.25) is 15.9 Å². The Bertz CT molecular complexity index is 1020. The fourth-order valence-electron chi connectivity index (χ4n) is 3.69. The third kappa shape index (κ3) is 4.62. The smallest absolute Gasteiger partial charge is 0.246 e. The highest BCUT2D eigenvalue weighted by atomic mass is 32.2. The number of rotatable bonds is 5. The zero-order valence-electron chi connectivity index (χ0n) is 17.4. The van der Waals surface area contributed by atoms with E-state index in [0.29, 0.717) is 25.1 Å². The zero-order chi connectivity index (χ0) is 21.2. The van der Waals surface area contributed by atoms with Crippen LogP contribution in [0, 0.1) is 26.7 Å². The average molecular weight is 417 g/mol. The molecule has 0 saturated carbocycles. The number of ether oxygens (including phenoxy) is 1. The fourth-order valence-corrected chi connectivity index (χ4v) is 5.45. The molecule has 2 aromatic carbocycles. The molecule has 2 aromatic rings. The van der Waals surface area contributed by atoms with Gasteiger partial charge < -0.3 is 10.1 Å². The molecule has 0 aromatic heterocycles. The van der Waals surface area contributed by atoms with Crippen LogP contribution in [0.25, 0.3) is 0 Å². The van der Waals surface area contributed by atoms with Crippen LogP contribution in [0.1, 0.15) is 29.5 Å². The number of sulfonamides is 1. The first-order chi connectivity index (χ1) is 13.7. The van der Waals surface area contributed by atoms with Gasteiger partial charge in [-0.25, -0.2) is 8.42 Å². The van der Waals surface area contributed by atoms with E-state index >= 15 is 0 Å². The molecule has 0 unspecified atom stereocenters. The second-order valence-electron chi connectivity index (χ2n) is 7.66. The summed E-state index contributed by atoms with van der Waals surface area (Å²) in [6, 6.07) is 10.9. The lowest BCUT2D eigenvalue weighted by molar-refractivity contribution is -0.120. The van der Waals surface area contributed by atoms with Crippen molar-refractivity contribution in [2.45, 2.75) is 38.5 Å². The summed E-state index contributed by atoms with van der Waals surface area (Å²) in [6.07, 6.45) is 1.30. The van der Waals surface area contributed by atoms with Crippen LogP contribution in [-0.4, -0.2) is 38.8 Å². The van der Waals surface area contributed by atoms with E-state index in [9.17, 15) is 13.2 Å². The molecule has 1 N–H and O–H groups in total. The van der Waals surface area contributed by atoms with Crippen molar-refractivity contribution in [3.05, 3.63) is 53.1 Å². The maximum Gasteiger partial charge on any atom is 0.246 e. The molecule has 7 heteroatoms. The van der Waals surface area contributed by atoms with Gasteiger partial charge in [-0.05, 0) is 62.9 Å². The van der Waals surface area contributed by atoms with Crippen molar-refractivity contribution in [3.63, 3.8) is 0 Å². The summed E-state index contributed by atoms with van der Waals surface area (Å²) in [5, 5.41) is 2.97. The number of hydrogen-bond acceptors (Lipinski definition) is 4. The third-order valence-corrected chi connectivity index (χ3v) is 7.22. The van der Waals surface area contributed by atoms with Crippen molar-refractivity contribution in [1.82, 2.24) is 4.31 Å². The number of carbonyl (C=O) groups excluding carboxylic acids is 1. The number of nitrogens with one attached hydrogen (secondary N) is 1. The van der Waals surface area contributed by atoms with Gasteiger partial charge in [-0.1, -0.05) is 23.8 Å². The SMILES string of the molecule is COc1ccc(C)cc1S(=O)(=O)N1CCC[C@@H](C(=O)Nc2ccc(C)cc2C)C1. The van der Waals surface area contributed by atoms with Gasteiger partial charge in [0.05, 0.1) is 13.0 Å². The van der Waals surface area contributed by atoms with Gasteiger partial charge in [0.25, 0.3) is 0 Å². The lowest BCUT2D eigenvalue weighted by Crippen LogP contribution is -2.43. The number of benzene rings is 2. The van der Waals surface area contributed by atoms with Gasteiger partial charge in [0.1, 0.15) is 10.6 Å². The summed E-state index contributed by atoms with van der Waals surface area (Å²) >= 11 is 0. The molecule has 0 aliphatic carbocycles. The maximum absolute atomic E-state index is 13.3. The first kappa shape index (κ1) is 21.3.